The van der Waals surface area contributed by atoms with Crippen molar-refractivity contribution < 1.29 is 9.84 Å². The molecule has 2 nitrogen and oxygen atoms in total. The van der Waals surface area contributed by atoms with E-state index in [1.807, 2.05) is 0 Å². The highest BCUT2D eigenvalue weighted by Crippen LogP contribution is 2.57. The average molecular weight is 206 g/mol. The molecule has 2 heteroatoms. The highest BCUT2D eigenvalue weighted by atomic mass is 16.5. The van der Waals surface area contributed by atoms with Gasteiger partial charge < -0.3 is 9.84 Å². The van der Waals surface area contributed by atoms with Crippen molar-refractivity contribution in [3.8, 4) is 0 Å². The Morgan fingerprint density at radius 2 is 2.40 bits per heavy atom. The number of aliphatic hydroxyl groups is 1. The van der Waals surface area contributed by atoms with E-state index in [9.17, 15) is 5.11 Å². The Balaban J connectivity index is 2.16. The van der Waals surface area contributed by atoms with E-state index in [4.69, 9.17) is 4.74 Å². The molecule has 1 saturated heterocycles. The van der Waals surface area contributed by atoms with Crippen LogP contribution >= 0.6 is 0 Å². The molecule has 0 aromatic carbocycles. The summed E-state index contributed by atoms with van der Waals surface area (Å²) in [4.78, 5) is 0. The van der Waals surface area contributed by atoms with Crippen LogP contribution < -0.4 is 0 Å². The van der Waals surface area contributed by atoms with Crippen molar-refractivity contribution in [3.05, 3.63) is 24.3 Å². The zero-order chi connectivity index (χ0) is 10.8. The van der Waals surface area contributed by atoms with E-state index in [-0.39, 0.29) is 12.0 Å². The standard InChI is InChI=1S/C13H18O2/c1-4-13(14)10-5-7(2)11-9(8(10)3)6-15-12(11)13/h4-5,8-12,14H,1,6H2,2-3H3/t8-,9-,10-,11+,12-,13-/m1/s1. The van der Waals surface area contributed by atoms with Gasteiger partial charge in [0.25, 0.3) is 0 Å². The minimum absolute atomic E-state index is 0.0498. The van der Waals surface area contributed by atoms with E-state index >= 15 is 0 Å². The Hall–Kier alpha value is -0.600. The summed E-state index contributed by atoms with van der Waals surface area (Å²) in [6.45, 7) is 8.99. The van der Waals surface area contributed by atoms with E-state index < -0.39 is 5.60 Å². The van der Waals surface area contributed by atoms with Crippen molar-refractivity contribution in [1.29, 1.82) is 0 Å². The van der Waals surface area contributed by atoms with Crippen LogP contribution in [0.1, 0.15) is 13.8 Å². The summed E-state index contributed by atoms with van der Waals surface area (Å²) in [5, 5.41) is 10.7. The van der Waals surface area contributed by atoms with Crippen LogP contribution in [0.15, 0.2) is 24.3 Å². The Labute approximate surface area is 90.6 Å². The lowest BCUT2D eigenvalue weighted by Crippen LogP contribution is -2.59. The molecule has 2 fully saturated rings. The summed E-state index contributed by atoms with van der Waals surface area (Å²) in [6, 6.07) is 0. The minimum atomic E-state index is -0.837. The van der Waals surface area contributed by atoms with E-state index in [1.54, 1.807) is 6.08 Å². The first-order valence-corrected chi connectivity index (χ1v) is 5.75. The molecule has 15 heavy (non-hydrogen) atoms. The van der Waals surface area contributed by atoms with Gasteiger partial charge in [-0.1, -0.05) is 24.6 Å². The lowest BCUT2D eigenvalue weighted by Gasteiger charge is -2.52. The average Bonchev–Trinajstić information content (AvgIpc) is 2.64. The topological polar surface area (TPSA) is 29.5 Å². The summed E-state index contributed by atoms with van der Waals surface area (Å²) < 4.78 is 5.80. The van der Waals surface area contributed by atoms with Crippen molar-refractivity contribution in [1.82, 2.24) is 0 Å². The van der Waals surface area contributed by atoms with Crippen molar-refractivity contribution in [2.75, 3.05) is 6.61 Å². The maximum atomic E-state index is 10.7. The fourth-order valence-electron chi connectivity index (χ4n) is 3.93. The zero-order valence-electron chi connectivity index (χ0n) is 9.31. The molecule has 1 saturated carbocycles. The fourth-order valence-corrected chi connectivity index (χ4v) is 3.93. The van der Waals surface area contributed by atoms with E-state index in [0.29, 0.717) is 17.8 Å². The SMILES string of the molecule is C=C[C@@]1(O)[C@@H]2C=C(C)[C@H]3[C@H](CO[C@H]31)[C@H]2C. The third-order valence-electron chi connectivity index (χ3n) is 4.78. The molecular weight excluding hydrogens is 188 g/mol. The Kier molecular flexibility index (Phi) is 1.76. The first-order chi connectivity index (χ1) is 7.09. The van der Waals surface area contributed by atoms with Gasteiger partial charge in [0.05, 0.1) is 12.7 Å². The molecule has 4 bridgehead atoms. The van der Waals surface area contributed by atoms with Gasteiger partial charge in [0.15, 0.2) is 0 Å². The predicted molar refractivity (Wildman–Crippen MR) is 58.3 cm³/mol. The first kappa shape index (κ1) is 9.61. The van der Waals surface area contributed by atoms with Gasteiger partial charge in [-0.05, 0) is 18.8 Å². The Bertz CT molecular complexity index is 346. The quantitative estimate of drug-likeness (QED) is 0.662. The molecule has 0 aromatic rings. The van der Waals surface area contributed by atoms with E-state index in [1.165, 1.54) is 5.57 Å². The van der Waals surface area contributed by atoms with Crippen LogP contribution in [-0.4, -0.2) is 23.4 Å². The van der Waals surface area contributed by atoms with Crippen LogP contribution in [0.4, 0.5) is 0 Å². The highest BCUT2D eigenvalue weighted by Gasteiger charge is 2.62. The maximum Gasteiger partial charge on any atom is 0.116 e. The lowest BCUT2D eigenvalue weighted by atomic mass is 9.54. The number of ether oxygens (including phenoxy) is 1. The molecule has 0 unspecified atom stereocenters. The summed E-state index contributed by atoms with van der Waals surface area (Å²) in [6.07, 6.45) is 3.88. The smallest absolute Gasteiger partial charge is 0.116 e. The zero-order valence-corrected chi connectivity index (χ0v) is 9.31. The number of hydrogen-bond donors (Lipinski definition) is 1. The monoisotopic (exact) mass is 206 g/mol. The maximum absolute atomic E-state index is 10.7. The Morgan fingerprint density at radius 3 is 3.07 bits per heavy atom. The molecule has 1 aliphatic heterocycles. The van der Waals surface area contributed by atoms with Crippen LogP contribution in [0.25, 0.3) is 0 Å². The highest BCUT2D eigenvalue weighted by molar-refractivity contribution is 5.32. The molecule has 1 N–H and O–H groups in total. The molecule has 0 amide bonds. The van der Waals surface area contributed by atoms with Gasteiger partial charge >= 0.3 is 0 Å². The third-order valence-corrected chi connectivity index (χ3v) is 4.78. The molecule has 0 aromatic heterocycles. The molecule has 82 valence electrons. The second-order valence-corrected chi connectivity index (χ2v) is 5.33. The van der Waals surface area contributed by atoms with E-state index in [0.717, 1.165) is 6.61 Å². The Morgan fingerprint density at radius 1 is 1.67 bits per heavy atom. The summed E-state index contributed by atoms with van der Waals surface area (Å²) in [5.74, 6) is 1.70. The lowest BCUT2D eigenvalue weighted by molar-refractivity contribution is -0.114. The van der Waals surface area contributed by atoms with Crippen LogP contribution in [-0.2, 0) is 4.74 Å². The first-order valence-electron chi connectivity index (χ1n) is 5.75. The second kappa shape index (κ2) is 2.74. The molecule has 0 radical (unpaired) electrons. The largest absolute Gasteiger partial charge is 0.382 e. The molecule has 1 heterocycles. The van der Waals surface area contributed by atoms with Gasteiger partial charge in [0.2, 0.25) is 0 Å². The second-order valence-electron chi connectivity index (χ2n) is 5.33. The van der Waals surface area contributed by atoms with Crippen LogP contribution in [0.5, 0.6) is 0 Å². The van der Waals surface area contributed by atoms with Crippen LogP contribution in [0.2, 0.25) is 0 Å². The van der Waals surface area contributed by atoms with Crippen molar-refractivity contribution in [2.45, 2.75) is 25.6 Å². The fraction of sp³-hybridized carbons (Fsp3) is 0.692. The summed E-state index contributed by atoms with van der Waals surface area (Å²) in [7, 11) is 0. The van der Waals surface area contributed by atoms with Gasteiger partial charge in [-0.3, -0.25) is 0 Å². The molecule has 4 aliphatic rings. The van der Waals surface area contributed by atoms with Gasteiger partial charge in [0, 0.05) is 11.8 Å². The normalized spacial score (nSPS) is 56.7. The summed E-state index contributed by atoms with van der Waals surface area (Å²) in [5.41, 5.74) is 0.563. The predicted octanol–water partition coefficient (Wildman–Crippen LogP) is 1.76. The van der Waals surface area contributed by atoms with Crippen LogP contribution in [0.3, 0.4) is 0 Å². The summed E-state index contributed by atoms with van der Waals surface area (Å²) >= 11 is 0. The molecular formula is C13H18O2. The molecule has 6 atom stereocenters. The third kappa shape index (κ3) is 0.925. The van der Waals surface area contributed by atoms with Crippen molar-refractivity contribution in [2.24, 2.45) is 23.7 Å². The van der Waals surface area contributed by atoms with E-state index in [2.05, 4.69) is 26.5 Å². The molecule has 3 aliphatic carbocycles. The van der Waals surface area contributed by atoms with Gasteiger partial charge in [-0.15, -0.1) is 6.58 Å². The van der Waals surface area contributed by atoms with Crippen LogP contribution in [0, 0.1) is 23.7 Å². The van der Waals surface area contributed by atoms with Gasteiger partial charge in [-0.25, -0.2) is 0 Å². The van der Waals surface area contributed by atoms with Crippen molar-refractivity contribution in [3.63, 3.8) is 0 Å². The van der Waals surface area contributed by atoms with Gasteiger partial charge in [0.1, 0.15) is 5.60 Å². The minimum Gasteiger partial charge on any atom is -0.382 e. The number of hydrogen-bond acceptors (Lipinski definition) is 2. The van der Waals surface area contributed by atoms with Gasteiger partial charge in [-0.2, -0.15) is 0 Å². The number of rotatable bonds is 1. The van der Waals surface area contributed by atoms with Crippen molar-refractivity contribution >= 4 is 0 Å². The molecule has 4 rings (SSSR count). The molecule has 0 spiro atoms.